The summed E-state index contributed by atoms with van der Waals surface area (Å²) in [5, 5.41) is 12.0. The Morgan fingerprint density at radius 3 is 2.60 bits per heavy atom. The van der Waals surface area contributed by atoms with E-state index in [9.17, 15) is 14.7 Å². The Kier molecular flexibility index (Phi) is 4.34. The van der Waals surface area contributed by atoms with Crippen LogP contribution >= 0.6 is 0 Å². The Hall–Kier alpha value is -2.82. The number of benzene rings is 2. The molecule has 0 unspecified atom stereocenters. The van der Waals surface area contributed by atoms with E-state index in [1.165, 1.54) is 18.2 Å². The van der Waals surface area contributed by atoms with Crippen molar-refractivity contribution in [2.75, 3.05) is 5.32 Å². The van der Waals surface area contributed by atoms with Crippen LogP contribution in [0.25, 0.3) is 0 Å². The molecule has 0 atom stereocenters. The van der Waals surface area contributed by atoms with Crippen LogP contribution in [-0.4, -0.2) is 17.5 Å². The van der Waals surface area contributed by atoms with Crippen LogP contribution in [0.3, 0.4) is 0 Å². The van der Waals surface area contributed by atoms with E-state index in [4.69, 9.17) is 4.74 Å². The van der Waals surface area contributed by atoms with Crippen LogP contribution in [0.2, 0.25) is 0 Å². The molecule has 0 saturated carbocycles. The van der Waals surface area contributed by atoms with Crippen molar-refractivity contribution in [1.29, 1.82) is 0 Å². The topological polar surface area (TPSA) is 75.6 Å². The molecule has 1 amide bonds. The molecular formula is C15H13NO4. The van der Waals surface area contributed by atoms with Gasteiger partial charge in [0.2, 0.25) is 0 Å². The maximum absolute atomic E-state index is 11.6. The number of aromatic hydroxyl groups is 1. The van der Waals surface area contributed by atoms with Crippen molar-refractivity contribution >= 4 is 18.1 Å². The van der Waals surface area contributed by atoms with Crippen molar-refractivity contribution in [3.05, 3.63) is 59.7 Å². The molecule has 2 N–H and O–H groups in total. The van der Waals surface area contributed by atoms with Gasteiger partial charge in [0.05, 0.1) is 5.69 Å². The molecule has 2 aromatic carbocycles. The van der Waals surface area contributed by atoms with Crippen molar-refractivity contribution in [2.24, 2.45) is 0 Å². The van der Waals surface area contributed by atoms with Gasteiger partial charge < -0.3 is 9.84 Å². The summed E-state index contributed by atoms with van der Waals surface area (Å²) in [6.07, 6.45) is -0.0694. The van der Waals surface area contributed by atoms with Gasteiger partial charge in [-0.2, -0.15) is 0 Å². The minimum atomic E-state index is -0.678. The molecule has 0 saturated heterocycles. The highest BCUT2D eigenvalue weighted by atomic mass is 16.5. The van der Waals surface area contributed by atoms with Gasteiger partial charge in [0.15, 0.2) is 0 Å². The predicted octanol–water partition coefficient (Wildman–Crippen LogP) is 2.95. The number of ether oxygens (including phenoxy) is 1. The summed E-state index contributed by atoms with van der Waals surface area (Å²) in [6.45, 7) is 0.139. The van der Waals surface area contributed by atoms with Gasteiger partial charge in [-0.15, -0.1) is 0 Å². The molecule has 0 aliphatic carbocycles. The van der Waals surface area contributed by atoms with E-state index < -0.39 is 6.09 Å². The first-order valence-electron chi connectivity index (χ1n) is 5.95. The molecular weight excluding hydrogens is 258 g/mol. The smallest absolute Gasteiger partial charge is 0.412 e. The Balaban J connectivity index is 1.93. The van der Waals surface area contributed by atoms with Crippen LogP contribution in [0.4, 0.5) is 10.5 Å². The van der Waals surface area contributed by atoms with Crippen LogP contribution in [0.15, 0.2) is 48.5 Å². The standard InChI is InChI=1S/C15H13NO4/c17-9-12-6-7-13(14(18)8-12)16-15(19)20-10-11-4-2-1-3-5-11/h1-9,18H,10H2,(H,16,19). The number of carbonyl (C=O) groups is 2. The second-order valence-electron chi connectivity index (χ2n) is 4.08. The largest absolute Gasteiger partial charge is 0.506 e. The van der Waals surface area contributed by atoms with Crippen molar-refractivity contribution in [3.8, 4) is 5.75 Å². The van der Waals surface area contributed by atoms with Crippen molar-refractivity contribution in [3.63, 3.8) is 0 Å². The molecule has 0 aliphatic heterocycles. The zero-order chi connectivity index (χ0) is 14.4. The van der Waals surface area contributed by atoms with Crippen LogP contribution in [0, 0.1) is 0 Å². The van der Waals surface area contributed by atoms with Gasteiger partial charge in [-0.1, -0.05) is 30.3 Å². The molecule has 0 spiro atoms. The summed E-state index contributed by atoms with van der Waals surface area (Å²) in [7, 11) is 0. The highest BCUT2D eigenvalue weighted by Crippen LogP contribution is 2.23. The minimum absolute atomic E-state index is 0.139. The number of phenols is 1. The van der Waals surface area contributed by atoms with E-state index in [2.05, 4.69) is 5.32 Å². The van der Waals surface area contributed by atoms with Gasteiger partial charge >= 0.3 is 6.09 Å². The fraction of sp³-hybridized carbons (Fsp3) is 0.0667. The van der Waals surface area contributed by atoms with E-state index in [-0.39, 0.29) is 18.0 Å². The number of rotatable bonds is 4. The summed E-state index contributed by atoms with van der Waals surface area (Å²) < 4.78 is 5.01. The van der Waals surface area contributed by atoms with Crippen LogP contribution in [-0.2, 0) is 11.3 Å². The van der Waals surface area contributed by atoms with E-state index in [1.54, 1.807) is 0 Å². The molecule has 2 rings (SSSR count). The molecule has 2 aromatic rings. The number of phenolic OH excluding ortho intramolecular Hbond substituents is 1. The van der Waals surface area contributed by atoms with Crippen LogP contribution in [0.5, 0.6) is 5.75 Å². The predicted molar refractivity (Wildman–Crippen MR) is 73.7 cm³/mol. The zero-order valence-corrected chi connectivity index (χ0v) is 10.6. The molecule has 0 aliphatic rings. The lowest BCUT2D eigenvalue weighted by Gasteiger charge is -2.08. The van der Waals surface area contributed by atoms with Crippen LogP contribution in [0.1, 0.15) is 15.9 Å². The number of carbonyl (C=O) groups excluding carboxylic acids is 2. The quantitative estimate of drug-likeness (QED) is 0.662. The van der Waals surface area contributed by atoms with E-state index in [0.29, 0.717) is 11.8 Å². The number of amides is 1. The van der Waals surface area contributed by atoms with Crippen molar-refractivity contribution in [1.82, 2.24) is 0 Å². The molecule has 5 nitrogen and oxygen atoms in total. The molecule has 20 heavy (non-hydrogen) atoms. The number of aldehydes is 1. The summed E-state index contributed by atoms with van der Waals surface area (Å²) in [5.41, 5.74) is 1.38. The average molecular weight is 271 g/mol. The maximum Gasteiger partial charge on any atom is 0.412 e. The normalized spacial score (nSPS) is 9.80. The van der Waals surface area contributed by atoms with E-state index in [0.717, 1.165) is 5.56 Å². The second-order valence-corrected chi connectivity index (χ2v) is 4.08. The highest BCUT2D eigenvalue weighted by Gasteiger charge is 2.08. The first kappa shape index (κ1) is 13.6. The molecule has 0 heterocycles. The Bertz CT molecular complexity index is 611. The summed E-state index contributed by atoms with van der Waals surface area (Å²) in [4.78, 5) is 22.1. The fourth-order valence-electron chi connectivity index (χ4n) is 1.60. The van der Waals surface area contributed by atoms with E-state index in [1.807, 2.05) is 30.3 Å². The summed E-state index contributed by atoms with van der Waals surface area (Å²) in [5.74, 6) is -0.189. The van der Waals surface area contributed by atoms with Gasteiger partial charge in [0.1, 0.15) is 18.6 Å². The Morgan fingerprint density at radius 2 is 1.95 bits per heavy atom. The SMILES string of the molecule is O=Cc1ccc(NC(=O)OCc2ccccc2)c(O)c1. The monoisotopic (exact) mass is 271 g/mol. The first-order chi connectivity index (χ1) is 9.69. The lowest BCUT2D eigenvalue weighted by molar-refractivity contribution is 0.112. The highest BCUT2D eigenvalue weighted by molar-refractivity contribution is 5.88. The maximum atomic E-state index is 11.6. The van der Waals surface area contributed by atoms with Crippen LogP contribution < -0.4 is 5.32 Å². The molecule has 0 fully saturated rings. The van der Waals surface area contributed by atoms with Gasteiger partial charge in [-0.25, -0.2) is 4.79 Å². The number of nitrogens with one attached hydrogen (secondary N) is 1. The minimum Gasteiger partial charge on any atom is -0.506 e. The molecule has 5 heteroatoms. The second kappa shape index (κ2) is 6.38. The molecule has 0 bridgehead atoms. The van der Waals surface area contributed by atoms with Gasteiger partial charge in [-0.3, -0.25) is 10.1 Å². The number of anilines is 1. The molecule has 0 radical (unpaired) electrons. The first-order valence-corrected chi connectivity index (χ1v) is 5.95. The number of hydrogen-bond acceptors (Lipinski definition) is 4. The summed E-state index contributed by atoms with van der Waals surface area (Å²) >= 11 is 0. The lowest BCUT2D eigenvalue weighted by Crippen LogP contribution is -2.13. The van der Waals surface area contributed by atoms with E-state index >= 15 is 0 Å². The van der Waals surface area contributed by atoms with Gasteiger partial charge in [0, 0.05) is 5.56 Å². The summed E-state index contributed by atoms with van der Waals surface area (Å²) in [6, 6.07) is 13.4. The van der Waals surface area contributed by atoms with Crippen molar-refractivity contribution in [2.45, 2.75) is 6.61 Å². The third kappa shape index (κ3) is 3.58. The van der Waals surface area contributed by atoms with Crippen molar-refractivity contribution < 1.29 is 19.4 Å². The Labute approximate surface area is 115 Å². The molecule has 0 aromatic heterocycles. The average Bonchev–Trinajstić information content (AvgIpc) is 2.48. The Morgan fingerprint density at radius 1 is 1.20 bits per heavy atom. The molecule has 102 valence electrons. The third-order valence-electron chi connectivity index (χ3n) is 2.61. The fourth-order valence-corrected chi connectivity index (χ4v) is 1.60. The zero-order valence-electron chi connectivity index (χ0n) is 10.6. The lowest BCUT2D eigenvalue weighted by atomic mass is 10.2. The third-order valence-corrected chi connectivity index (χ3v) is 2.61. The van der Waals surface area contributed by atoms with Gasteiger partial charge in [0.25, 0.3) is 0 Å². The number of hydrogen-bond donors (Lipinski definition) is 2. The van der Waals surface area contributed by atoms with Gasteiger partial charge in [-0.05, 0) is 23.8 Å².